The predicted octanol–water partition coefficient (Wildman–Crippen LogP) is 3.66. The van der Waals surface area contributed by atoms with Crippen LogP contribution in [0.1, 0.15) is 43.7 Å². The molecule has 0 bridgehead atoms. The van der Waals surface area contributed by atoms with Crippen LogP contribution in [0, 0.1) is 17.2 Å². The van der Waals surface area contributed by atoms with E-state index in [4.69, 9.17) is 14.7 Å². The van der Waals surface area contributed by atoms with E-state index >= 15 is 0 Å². The van der Waals surface area contributed by atoms with Gasteiger partial charge in [-0.3, -0.25) is 0 Å². The van der Waals surface area contributed by atoms with Gasteiger partial charge < -0.3 is 9.47 Å². The molecule has 0 radical (unpaired) electrons. The molecule has 2 rings (SSSR count). The lowest BCUT2D eigenvalue weighted by Gasteiger charge is -2.26. The van der Waals surface area contributed by atoms with E-state index < -0.39 is 0 Å². The topological polar surface area (TPSA) is 42.2 Å². The maximum atomic E-state index is 8.94. The summed E-state index contributed by atoms with van der Waals surface area (Å²) in [6.07, 6.45) is 5.29. The van der Waals surface area contributed by atoms with Gasteiger partial charge in [0.1, 0.15) is 11.8 Å². The molecule has 3 nitrogen and oxygen atoms in total. The molecule has 19 heavy (non-hydrogen) atoms. The highest BCUT2D eigenvalue weighted by molar-refractivity contribution is 5.45. The number of hydrogen-bond acceptors (Lipinski definition) is 3. The van der Waals surface area contributed by atoms with Gasteiger partial charge >= 0.3 is 0 Å². The fourth-order valence-corrected chi connectivity index (χ4v) is 2.66. The Morgan fingerprint density at radius 1 is 1.37 bits per heavy atom. The maximum Gasteiger partial charge on any atom is 0.136 e. The third-order valence-corrected chi connectivity index (χ3v) is 3.76. The quantitative estimate of drug-likeness (QED) is 0.828. The number of hydrogen-bond donors (Lipinski definition) is 0. The van der Waals surface area contributed by atoms with Gasteiger partial charge in [-0.15, -0.1) is 0 Å². The second-order valence-electron chi connectivity index (χ2n) is 5.35. The molecular weight excluding hydrogens is 238 g/mol. The van der Waals surface area contributed by atoms with Crippen molar-refractivity contribution in [2.24, 2.45) is 5.92 Å². The smallest absolute Gasteiger partial charge is 0.136 e. The SMILES string of the molecule is COc1cc(COC2CCCC(C)C2)ccc1C#N. The molecule has 1 fully saturated rings. The molecule has 0 spiro atoms. The molecule has 1 aliphatic rings. The summed E-state index contributed by atoms with van der Waals surface area (Å²) in [5.74, 6) is 1.40. The second-order valence-corrected chi connectivity index (χ2v) is 5.35. The lowest BCUT2D eigenvalue weighted by Crippen LogP contribution is -2.21. The Morgan fingerprint density at radius 2 is 2.21 bits per heavy atom. The Hall–Kier alpha value is -1.53. The zero-order valence-corrected chi connectivity index (χ0v) is 11.7. The molecule has 1 saturated carbocycles. The fraction of sp³-hybridized carbons (Fsp3) is 0.562. The summed E-state index contributed by atoms with van der Waals surface area (Å²) in [4.78, 5) is 0. The summed E-state index contributed by atoms with van der Waals surface area (Å²) in [7, 11) is 1.59. The van der Waals surface area contributed by atoms with Crippen LogP contribution < -0.4 is 4.74 Å². The van der Waals surface area contributed by atoms with Gasteiger partial charge in [-0.1, -0.05) is 25.8 Å². The molecule has 0 N–H and O–H groups in total. The van der Waals surface area contributed by atoms with Gasteiger partial charge in [-0.05, 0) is 36.5 Å². The minimum Gasteiger partial charge on any atom is -0.495 e. The molecule has 1 aromatic rings. The normalized spacial score (nSPS) is 22.8. The summed E-state index contributed by atoms with van der Waals surface area (Å²) in [5, 5.41) is 8.94. The molecule has 0 saturated heterocycles. The van der Waals surface area contributed by atoms with Crippen molar-refractivity contribution in [1.29, 1.82) is 5.26 Å². The molecule has 0 aliphatic heterocycles. The van der Waals surface area contributed by atoms with Crippen molar-refractivity contribution in [2.45, 2.75) is 45.3 Å². The number of nitriles is 1. The average molecular weight is 259 g/mol. The Balaban J connectivity index is 1.94. The first kappa shape index (κ1) is 13.9. The van der Waals surface area contributed by atoms with Crippen LogP contribution in [0.5, 0.6) is 5.75 Å². The molecule has 0 aromatic heterocycles. The Kier molecular flexibility index (Phi) is 4.81. The lowest BCUT2D eigenvalue weighted by atomic mass is 9.89. The molecule has 102 valence electrons. The number of ether oxygens (including phenoxy) is 2. The van der Waals surface area contributed by atoms with E-state index in [1.54, 1.807) is 13.2 Å². The van der Waals surface area contributed by atoms with Crippen LogP contribution in [-0.4, -0.2) is 13.2 Å². The third-order valence-electron chi connectivity index (χ3n) is 3.76. The van der Waals surface area contributed by atoms with Crippen molar-refractivity contribution in [2.75, 3.05) is 7.11 Å². The van der Waals surface area contributed by atoms with E-state index in [0.717, 1.165) is 24.3 Å². The van der Waals surface area contributed by atoms with Crippen LogP contribution in [-0.2, 0) is 11.3 Å². The van der Waals surface area contributed by atoms with Crippen molar-refractivity contribution < 1.29 is 9.47 Å². The molecule has 0 heterocycles. The first-order valence-corrected chi connectivity index (χ1v) is 6.91. The highest BCUT2D eigenvalue weighted by atomic mass is 16.5. The van der Waals surface area contributed by atoms with E-state index in [1.807, 2.05) is 12.1 Å². The van der Waals surface area contributed by atoms with Gasteiger partial charge in [-0.25, -0.2) is 0 Å². The van der Waals surface area contributed by atoms with Crippen LogP contribution in [0.4, 0.5) is 0 Å². The zero-order valence-electron chi connectivity index (χ0n) is 11.7. The molecule has 1 aromatic carbocycles. The summed E-state index contributed by atoms with van der Waals surface area (Å²) in [6, 6.07) is 7.74. The van der Waals surface area contributed by atoms with Gasteiger partial charge in [0.05, 0.1) is 25.4 Å². The number of nitrogens with zero attached hydrogens (tertiary/aromatic N) is 1. The third kappa shape index (κ3) is 3.71. The second kappa shape index (κ2) is 6.58. The van der Waals surface area contributed by atoms with E-state index in [2.05, 4.69) is 13.0 Å². The standard InChI is InChI=1S/C16H21NO2/c1-12-4-3-5-15(8-12)19-11-13-6-7-14(10-17)16(9-13)18-2/h6-7,9,12,15H,3-5,8,11H2,1-2H3. The first-order chi connectivity index (χ1) is 9.22. The van der Waals surface area contributed by atoms with E-state index in [9.17, 15) is 0 Å². The van der Waals surface area contributed by atoms with E-state index in [0.29, 0.717) is 24.0 Å². The summed E-state index contributed by atoms with van der Waals surface area (Å²) in [6.45, 7) is 2.89. The molecule has 3 heteroatoms. The summed E-state index contributed by atoms with van der Waals surface area (Å²) in [5.41, 5.74) is 1.63. The number of rotatable bonds is 4. The van der Waals surface area contributed by atoms with Crippen LogP contribution in [0.2, 0.25) is 0 Å². The number of methoxy groups -OCH3 is 1. The van der Waals surface area contributed by atoms with E-state index in [-0.39, 0.29) is 0 Å². The van der Waals surface area contributed by atoms with Crippen LogP contribution in [0.3, 0.4) is 0 Å². The minimum absolute atomic E-state index is 0.380. The van der Waals surface area contributed by atoms with Crippen LogP contribution >= 0.6 is 0 Å². The van der Waals surface area contributed by atoms with Crippen LogP contribution in [0.25, 0.3) is 0 Å². The molecular formula is C16H21NO2. The van der Waals surface area contributed by atoms with E-state index in [1.165, 1.54) is 12.8 Å². The van der Waals surface area contributed by atoms with Crippen molar-refractivity contribution >= 4 is 0 Å². The summed E-state index contributed by atoms with van der Waals surface area (Å²) < 4.78 is 11.2. The molecule has 2 atom stereocenters. The largest absolute Gasteiger partial charge is 0.495 e. The predicted molar refractivity (Wildman–Crippen MR) is 73.9 cm³/mol. The highest BCUT2D eigenvalue weighted by Gasteiger charge is 2.19. The molecule has 0 amide bonds. The zero-order chi connectivity index (χ0) is 13.7. The Labute approximate surface area is 115 Å². The first-order valence-electron chi connectivity index (χ1n) is 6.91. The molecule has 1 aliphatic carbocycles. The maximum absolute atomic E-state index is 8.94. The van der Waals surface area contributed by atoms with Gasteiger partial charge in [0.2, 0.25) is 0 Å². The Morgan fingerprint density at radius 3 is 2.89 bits per heavy atom. The van der Waals surface area contributed by atoms with Gasteiger partial charge in [0.15, 0.2) is 0 Å². The Bertz CT molecular complexity index is 464. The average Bonchev–Trinajstić information content (AvgIpc) is 2.45. The lowest BCUT2D eigenvalue weighted by molar-refractivity contribution is 0.00461. The fourth-order valence-electron chi connectivity index (χ4n) is 2.66. The van der Waals surface area contributed by atoms with Gasteiger partial charge in [-0.2, -0.15) is 5.26 Å². The van der Waals surface area contributed by atoms with Gasteiger partial charge in [0.25, 0.3) is 0 Å². The van der Waals surface area contributed by atoms with Crippen molar-refractivity contribution in [1.82, 2.24) is 0 Å². The van der Waals surface area contributed by atoms with Gasteiger partial charge in [0, 0.05) is 0 Å². The van der Waals surface area contributed by atoms with Crippen molar-refractivity contribution in [3.8, 4) is 11.8 Å². The monoisotopic (exact) mass is 259 g/mol. The van der Waals surface area contributed by atoms with Crippen molar-refractivity contribution in [3.63, 3.8) is 0 Å². The summed E-state index contributed by atoms with van der Waals surface area (Å²) >= 11 is 0. The van der Waals surface area contributed by atoms with Crippen molar-refractivity contribution in [3.05, 3.63) is 29.3 Å². The molecule has 2 unspecified atom stereocenters. The minimum atomic E-state index is 0.380. The highest BCUT2D eigenvalue weighted by Crippen LogP contribution is 2.27. The number of benzene rings is 1. The van der Waals surface area contributed by atoms with Crippen LogP contribution in [0.15, 0.2) is 18.2 Å².